The molecule has 5 rings (SSSR count). The van der Waals surface area contributed by atoms with Gasteiger partial charge in [0.05, 0.1) is 0 Å². The van der Waals surface area contributed by atoms with Crippen LogP contribution >= 0.6 is 11.6 Å². The third-order valence-corrected chi connectivity index (χ3v) is 5.67. The van der Waals surface area contributed by atoms with Gasteiger partial charge in [0, 0.05) is 28.0 Å². The fraction of sp³-hybridized carbons (Fsp3) is 0.0800. The number of nitrogens with one attached hydrogen (secondary N) is 1. The van der Waals surface area contributed by atoms with E-state index in [0.29, 0.717) is 33.6 Å². The first-order valence-corrected chi connectivity index (χ1v) is 10.4. The number of aromatic nitrogens is 2. The first-order valence-electron chi connectivity index (χ1n) is 9.99. The Morgan fingerprint density at radius 2 is 1.88 bits per heavy atom. The summed E-state index contributed by atoms with van der Waals surface area (Å²) in [5.41, 5.74) is 5.15. The normalized spacial score (nSPS) is 11.1. The van der Waals surface area contributed by atoms with Crippen LogP contribution in [0, 0.1) is 13.8 Å². The summed E-state index contributed by atoms with van der Waals surface area (Å²) in [6.45, 7) is 3.83. The molecule has 0 aliphatic carbocycles. The fourth-order valence-electron chi connectivity index (χ4n) is 3.45. The molecule has 0 saturated carbocycles. The molecule has 7 heteroatoms. The van der Waals surface area contributed by atoms with Gasteiger partial charge in [-0.1, -0.05) is 29.8 Å². The van der Waals surface area contributed by atoms with E-state index in [-0.39, 0.29) is 11.7 Å². The monoisotopic (exact) mass is 443 g/mol. The number of halogens is 1. The predicted octanol–water partition coefficient (Wildman–Crippen LogP) is 6.67. The van der Waals surface area contributed by atoms with Crippen molar-refractivity contribution in [3.8, 4) is 22.8 Å². The summed E-state index contributed by atoms with van der Waals surface area (Å²) in [7, 11) is 0. The van der Waals surface area contributed by atoms with Gasteiger partial charge in [0.1, 0.15) is 5.76 Å². The number of fused-ring (bicyclic) bond motifs is 1. The average molecular weight is 444 g/mol. The second-order valence-corrected chi connectivity index (χ2v) is 7.81. The predicted molar refractivity (Wildman–Crippen MR) is 124 cm³/mol. The summed E-state index contributed by atoms with van der Waals surface area (Å²) in [5, 5.41) is 3.56. The summed E-state index contributed by atoms with van der Waals surface area (Å²) in [6, 6.07) is 18.2. The van der Waals surface area contributed by atoms with Gasteiger partial charge in [-0.25, -0.2) is 4.98 Å². The van der Waals surface area contributed by atoms with E-state index < -0.39 is 0 Å². The molecule has 158 valence electrons. The van der Waals surface area contributed by atoms with E-state index >= 15 is 0 Å². The molecule has 0 atom stereocenters. The highest BCUT2D eigenvalue weighted by Crippen LogP contribution is 2.31. The van der Waals surface area contributed by atoms with Crippen LogP contribution in [0.25, 0.3) is 34.0 Å². The molecule has 0 aliphatic heterocycles. The zero-order valence-corrected chi connectivity index (χ0v) is 18.1. The van der Waals surface area contributed by atoms with E-state index in [2.05, 4.69) is 15.3 Å². The summed E-state index contributed by atoms with van der Waals surface area (Å²) >= 11 is 6.21. The first kappa shape index (κ1) is 20.0. The van der Waals surface area contributed by atoms with Gasteiger partial charge in [-0.3, -0.25) is 4.79 Å². The number of nitrogens with zero attached hydrogens (tertiary/aromatic N) is 2. The smallest absolute Gasteiger partial charge is 0.291 e. The van der Waals surface area contributed by atoms with Crippen molar-refractivity contribution < 1.29 is 13.6 Å². The third kappa shape index (κ3) is 3.65. The van der Waals surface area contributed by atoms with E-state index in [1.54, 1.807) is 24.4 Å². The molecule has 3 aromatic heterocycles. The number of carbonyl (C=O) groups excluding carboxylic acids is 1. The standard InChI is InChI=1S/C25H18ClN3O3/c1-14-8-9-16(25-29-23-21(32-25)7-4-12-27-23)13-19(14)28-24(30)22-11-10-20(31-22)17-5-3-6-18(26)15(17)2/h3-13H,1-2H3,(H,28,30). The summed E-state index contributed by atoms with van der Waals surface area (Å²) in [6.07, 6.45) is 1.66. The highest BCUT2D eigenvalue weighted by molar-refractivity contribution is 6.31. The maximum atomic E-state index is 12.9. The maximum absolute atomic E-state index is 12.9. The minimum atomic E-state index is -0.351. The average Bonchev–Trinajstić information content (AvgIpc) is 3.44. The molecular weight excluding hydrogens is 426 g/mol. The number of oxazole rings is 1. The Morgan fingerprint density at radius 1 is 1.00 bits per heavy atom. The second kappa shape index (κ2) is 7.98. The van der Waals surface area contributed by atoms with Crippen LogP contribution in [0.15, 0.2) is 75.7 Å². The molecule has 3 heterocycles. The molecule has 5 aromatic rings. The van der Waals surface area contributed by atoms with Crippen molar-refractivity contribution >= 4 is 34.4 Å². The van der Waals surface area contributed by atoms with Crippen molar-refractivity contribution in [1.82, 2.24) is 9.97 Å². The summed E-state index contributed by atoms with van der Waals surface area (Å²) < 4.78 is 11.6. The van der Waals surface area contributed by atoms with Crippen molar-refractivity contribution in [2.45, 2.75) is 13.8 Å². The third-order valence-electron chi connectivity index (χ3n) is 5.26. The van der Waals surface area contributed by atoms with Crippen molar-refractivity contribution in [2.75, 3.05) is 5.32 Å². The van der Waals surface area contributed by atoms with Gasteiger partial charge < -0.3 is 14.2 Å². The summed E-state index contributed by atoms with van der Waals surface area (Å²) in [5.74, 6) is 0.871. The molecule has 1 N–H and O–H groups in total. The van der Waals surface area contributed by atoms with E-state index in [1.165, 1.54) is 0 Å². The van der Waals surface area contributed by atoms with Crippen LogP contribution in [0.4, 0.5) is 5.69 Å². The number of hydrogen-bond donors (Lipinski definition) is 1. The van der Waals surface area contributed by atoms with Crippen molar-refractivity contribution in [3.63, 3.8) is 0 Å². The van der Waals surface area contributed by atoms with Gasteiger partial charge in [0.15, 0.2) is 17.0 Å². The quantitative estimate of drug-likeness (QED) is 0.335. The van der Waals surface area contributed by atoms with E-state index in [0.717, 1.165) is 22.3 Å². The molecular formula is C25H18ClN3O3. The van der Waals surface area contributed by atoms with E-state index in [4.69, 9.17) is 20.4 Å². The van der Waals surface area contributed by atoms with Gasteiger partial charge in [0.2, 0.25) is 5.89 Å². The number of furan rings is 1. The van der Waals surface area contributed by atoms with Crippen LogP contribution in [0.3, 0.4) is 0 Å². The number of aryl methyl sites for hydroxylation is 1. The number of rotatable bonds is 4. The number of anilines is 1. The Hall–Kier alpha value is -3.90. The SMILES string of the molecule is Cc1ccc(-c2nc3ncccc3o2)cc1NC(=O)c1ccc(-c2cccc(Cl)c2C)o1. The molecule has 2 aromatic carbocycles. The lowest BCUT2D eigenvalue weighted by molar-refractivity contribution is 0.0997. The number of benzene rings is 2. The molecule has 0 spiro atoms. The lowest BCUT2D eigenvalue weighted by Crippen LogP contribution is -2.11. The van der Waals surface area contributed by atoms with Crippen LogP contribution in [0.2, 0.25) is 5.02 Å². The lowest BCUT2D eigenvalue weighted by Gasteiger charge is -2.09. The second-order valence-electron chi connectivity index (χ2n) is 7.40. The van der Waals surface area contributed by atoms with Gasteiger partial charge in [-0.2, -0.15) is 4.98 Å². The van der Waals surface area contributed by atoms with Gasteiger partial charge >= 0.3 is 0 Å². The minimum Gasteiger partial charge on any atom is -0.451 e. The molecule has 0 bridgehead atoms. The van der Waals surface area contributed by atoms with Crippen LogP contribution in [0.1, 0.15) is 21.7 Å². The first-order chi connectivity index (χ1) is 15.5. The number of pyridine rings is 1. The molecule has 0 aliphatic rings. The van der Waals surface area contributed by atoms with Crippen molar-refractivity contribution in [1.29, 1.82) is 0 Å². The fourth-order valence-corrected chi connectivity index (χ4v) is 3.62. The highest BCUT2D eigenvalue weighted by atomic mass is 35.5. The largest absolute Gasteiger partial charge is 0.451 e. The van der Waals surface area contributed by atoms with Crippen LogP contribution in [-0.4, -0.2) is 15.9 Å². The number of hydrogen-bond acceptors (Lipinski definition) is 5. The van der Waals surface area contributed by atoms with Gasteiger partial charge in [0.25, 0.3) is 5.91 Å². The zero-order chi connectivity index (χ0) is 22.2. The van der Waals surface area contributed by atoms with Crippen LogP contribution < -0.4 is 5.32 Å². The minimum absolute atomic E-state index is 0.204. The Morgan fingerprint density at radius 3 is 2.72 bits per heavy atom. The molecule has 32 heavy (non-hydrogen) atoms. The Bertz CT molecular complexity index is 1440. The molecule has 0 unspecified atom stereocenters. The number of amides is 1. The highest BCUT2D eigenvalue weighted by Gasteiger charge is 2.17. The van der Waals surface area contributed by atoms with Gasteiger partial charge in [-0.15, -0.1) is 0 Å². The molecule has 0 fully saturated rings. The molecule has 1 amide bonds. The van der Waals surface area contributed by atoms with Crippen LogP contribution in [-0.2, 0) is 0 Å². The van der Waals surface area contributed by atoms with E-state index in [9.17, 15) is 4.79 Å². The van der Waals surface area contributed by atoms with Crippen LogP contribution in [0.5, 0.6) is 0 Å². The van der Waals surface area contributed by atoms with Crippen molar-refractivity contribution in [3.05, 3.63) is 88.8 Å². The molecule has 0 radical (unpaired) electrons. The molecule has 0 saturated heterocycles. The summed E-state index contributed by atoms with van der Waals surface area (Å²) in [4.78, 5) is 21.5. The maximum Gasteiger partial charge on any atom is 0.291 e. The lowest BCUT2D eigenvalue weighted by atomic mass is 10.1. The van der Waals surface area contributed by atoms with Gasteiger partial charge in [-0.05, 0) is 67.4 Å². The Labute approximate surface area is 188 Å². The Balaban J connectivity index is 1.42. The zero-order valence-electron chi connectivity index (χ0n) is 17.3. The Kier molecular flexibility index (Phi) is 4.99. The number of carbonyl (C=O) groups is 1. The van der Waals surface area contributed by atoms with E-state index in [1.807, 2.05) is 56.3 Å². The molecule has 6 nitrogen and oxygen atoms in total. The van der Waals surface area contributed by atoms with Crippen molar-refractivity contribution in [2.24, 2.45) is 0 Å². The topological polar surface area (TPSA) is 81.2 Å².